The molecule has 2 aliphatic rings. The Morgan fingerprint density at radius 1 is 1.25 bits per heavy atom. The largest absolute Gasteiger partial charge is 0.416 e. The van der Waals surface area contributed by atoms with Crippen LogP contribution in [0.3, 0.4) is 0 Å². The molecule has 1 fully saturated rings. The number of benzene rings is 1. The van der Waals surface area contributed by atoms with Crippen molar-refractivity contribution in [2.75, 3.05) is 6.54 Å². The molecule has 0 aliphatic carbocycles. The van der Waals surface area contributed by atoms with Gasteiger partial charge in [-0.1, -0.05) is 19.1 Å². The molecule has 1 aromatic heterocycles. The number of piperidine rings is 1. The monoisotopic (exact) mass is 391 g/mol. The average molecular weight is 391 g/mol. The number of aryl methyl sites for hydroxylation is 1. The van der Waals surface area contributed by atoms with Gasteiger partial charge in [-0.05, 0) is 37.5 Å². The Balaban J connectivity index is 1.66. The second-order valence-corrected chi connectivity index (χ2v) is 7.47. The van der Waals surface area contributed by atoms with Gasteiger partial charge in [0.2, 0.25) is 0 Å². The third-order valence-corrected chi connectivity index (χ3v) is 5.54. The molecule has 0 saturated carbocycles. The molecule has 0 radical (unpaired) electrons. The predicted molar refractivity (Wildman–Crippen MR) is 97.8 cm³/mol. The molecule has 28 heavy (non-hydrogen) atoms. The molecule has 6 nitrogen and oxygen atoms in total. The summed E-state index contributed by atoms with van der Waals surface area (Å²) in [5, 5.41) is 4.41. The summed E-state index contributed by atoms with van der Waals surface area (Å²) in [4.78, 5) is 20.8. The number of amidine groups is 1. The van der Waals surface area contributed by atoms with Crippen LogP contribution in [-0.2, 0) is 11.6 Å². The second-order valence-electron chi connectivity index (χ2n) is 7.47. The quantitative estimate of drug-likeness (QED) is 0.826. The fraction of sp³-hybridized carbons (Fsp3) is 0.421. The molecule has 0 bridgehead atoms. The Hall–Kier alpha value is -2.84. The number of hydrogen-bond acceptors (Lipinski definition) is 5. The van der Waals surface area contributed by atoms with E-state index in [1.165, 1.54) is 6.07 Å². The lowest BCUT2D eigenvalue weighted by atomic mass is 9.73. The maximum absolute atomic E-state index is 12.9. The highest BCUT2D eigenvalue weighted by molar-refractivity contribution is 5.98. The first-order chi connectivity index (χ1) is 13.2. The summed E-state index contributed by atoms with van der Waals surface area (Å²) in [6, 6.07) is 6.74. The lowest BCUT2D eigenvalue weighted by Gasteiger charge is -2.45. The van der Waals surface area contributed by atoms with E-state index in [0.717, 1.165) is 37.1 Å². The Morgan fingerprint density at radius 2 is 1.96 bits per heavy atom. The van der Waals surface area contributed by atoms with E-state index < -0.39 is 17.2 Å². The summed E-state index contributed by atoms with van der Waals surface area (Å²) in [7, 11) is 0. The molecule has 2 aliphatic heterocycles. The number of alkyl halides is 3. The highest BCUT2D eigenvalue weighted by atomic mass is 19.4. The van der Waals surface area contributed by atoms with Crippen LogP contribution in [0.5, 0.6) is 0 Å². The number of hydrazone groups is 1. The highest BCUT2D eigenvalue weighted by Crippen LogP contribution is 2.41. The van der Waals surface area contributed by atoms with Crippen LogP contribution in [0.4, 0.5) is 13.2 Å². The number of aromatic nitrogens is 2. The van der Waals surface area contributed by atoms with Crippen molar-refractivity contribution in [3.8, 4) is 0 Å². The van der Waals surface area contributed by atoms with Gasteiger partial charge in [-0.3, -0.25) is 10.2 Å². The summed E-state index contributed by atoms with van der Waals surface area (Å²) in [5.41, 5.74) is 3.06. The van der Waals surface area contributed by atoms with Crippen LogP contribution in [0.15, 0.2) is 40.2 Å². The van der Waals surface area contributed by atoms with E-state index in [9.17, 15) is 18.0 Å². The SMILES string of the molecule is Cc1nc(C2=NNC3N2CCCC3(C)c2ccc(C(F)(F)F)cc2)cc(=O)[nH]1. The number of aromatic amines is 1. The van der Waals surface area contributed by atoms with Gasteiger partial charge in [0.15, 0.2) is 5.84 Å². The van der Waals surface area contributed by atoms with Gasteiger partial charge in [0.05, 0.1) is 5.56 Å². The van der Waals surface area contributed by atoms with Gasteiger partial charge >= 0.3 is 6.18 Å². The van der Waals surface area contributed by atoms with E-state index in [1.54, 1.807) is 19.1 Å². The van der Waals surface area contributed by atoms with Crippen LogP contribution in [0.1, 0.15) is 42.4 Å². The molecule has 2 unspecified atom stereocenters. The van der Waals surface area contributed by atoms with E-state index >= 15 is 0 Å². The van der Waals surface area contributed by atoms with Crippen molar-refractivity contribution in [3.05, 3.63) is 63.3 Å². The van der Waals surface area contributed by atoms with E-state index in [1.807, 2.05) is 11.8 Å². The zero-order valence-corrected chi connectivity index (χ0v) is 15.5. The minimum Gasteiger partial charge on any atom is -0.331 e. The van der Waals surface area contributed by atoms with Crippen molar-refractivity contribution >= 4 is 5.84 Å². The Bertz CT molecular complexity index is 982. The van der Waals surface area contributed by atoms with Crippen molar-refractivity contribution in [2.45, 2.75) is 44.4 Å². The zero-order valence-electron chi connectivity index (χ0n) is 15.5. The number of H-pyrrole nitrogens is 1. The molecule has 0 amide bonds. The minimum absolute atomic E-state index is 0.227. The van der Waals surface area contributed by atoms with Gasteiger partial charge in [0, 0.05) is 18.0 Å². The molecule has 1 aromatic carbocycles. The van der Waals surface area contributed by atoms with Crippen LogP contribution in [0, 0.1) is 6.92 Å². The average Bonchev–Trinajstić information content (AvgIpc) is 3.06. The molecular weight excluding hydrogens is 371 g/mol. The van der Waals surface area contributed by atoms with Crippen molar-refractivity contribution in [3.63, 3.8) is 0 Å². The van der Waals surface area contributed by atoms with Gasteiger partial charge < -0.3 is 9.88 Å². The Labute approximate surface area is 159 Å². The van der Waals surface area contributed by atoms with Crippen molar-refractivity contribution in [1.29, 1.82) is 0 Å². The lowest BCUT2D eigenvalue weighted by molar-refractivity contribution is -0.137. The fourth-order valence-electron chi connectivity index (χ4n) is 4.09. The first-order valence-electron chi connectivity index (χ1n) is 9.04. The lowest BCUT2D eigenvalue weighted by Crippen LogP contribution is -2.57. The van der Waals surface area contributed by atoms with Gasteiger partial charge in [0.25, 0.3) is 5.56 Å². The fourth-order valence-corrected chi connectivity index (χ4v) is 4.09. The predicted octanol–water partition coefficient (Wildman–Crippen LogP) is 2.74. The standard InChI is InChI=1S/C19H20F3N5O/c1-11-23-14(10-15(28)24-11)16-25-26-17-18(2,8-3-9-27(16)17)12-4-6-13(7-5-12)19(20,21)22/h4-7,10,17,26H,3,8-9H2,1-2H3,(H,23,24,28). The normalized spacial score (nSPS) is 24.5. The summed E-state index contributed by atoms with van der Waals surface area (Å²) in [6.07, 6.45) is -2.94. The van der Waals surface area contributed by atoms with Gasteiger partial charge in [-0.25, -0.2) is 4.98 Å². The molecule has 0 spiro atoms. The molecular formula is C19H20F3N5O. The summed E-state index contributed by atoms with van der Waals surface area (Å²) in [5.74, 6) is 1.08. The van der Waals surface area contributed by atoms with E-state index in [-0.39, 0.29) is 11.7 Å². The first-order valence-corrected chi connectivity index (χ1v) is 9.04. The number of hydrogen-bond donors (Lipinski definition) is 2. The smallest absolute Gasteiger partial charge is 0.331 e. The number of halogens is 3. The van der Waals surface area contributed by atoms with Gasteiger partial charge in [-0.2, -0.15) is 18.3 Å². The van der Waals surface area contributed by atoms with E-state index in [0.29, 0.717) is 17.4 Å². The van der Waals surface area contributed by atoms with Crippen molar-refractivity contribution < 1.29 is 13.2 Å². The minimum atomic E-state index is -4.36. The summed E-state index contributed by atoms with van der Waals surface area (Å²) < 4.78 is 38.7. The van der Waals surface area contributed by atoms with Gasteiger partial charge in [-0.15, -0.1) is 0 Å². The van der Waals surface area contributed by atoms with Crippen molar-refractivity contribution in [2.24, 2.45) is 5.10 Å². The third kappa shape index (κ3) is 3.04. The van der Waals surface area contributed by atoms with Crippen LogP contribution in [0.2, 0.25) is 0 Å². The maximum atomic E-state index is 12.9. The van der Waals surface area contributed by atoms with Gasteiger partial charge in [0.1, 0.15) is 17.7 Å². The number of nitrogens with one attached hydrogen (secondary N) is 2. The molecule has 4 rings (SSSR count). The number of nitrogens with zero attached hydrogens (tertiary/aromatic N) is 3. The Morgan fingerprint density at radius 3 is 2.61 bits per heavy atom. The second kappa shape index (κ2) is 6.35. The third-order valence-electron chi connectivity index (χ3n) is 5.54. The Kier molecular flexibility index (Phi) is 4.20. The molecule has 9 heteroatoms. The van der Waals surface area contributed by atoms with Crippen LogP contribution >= 0.6 is 0 Å². The molecule has 1 saturated heterocycles. The molecule has 148 valence electrons. The molecule has 3 heterocycles. The summed E-state index contributed by atoms with van der Waals surface area (Å²) >= 11 is 0. The van der Waals surface area contributed by atoms with Crippen molar-refractivity contribution in [1.82, 2.24) is 20.3 Å². The highest BCUT2D eigenvalue weighted by Gasteiger charge is 2.47. The summed E-state index contributed by atoms with van der Waals surface area (Å²) in [6.45, 7) is 4.45. The van der Waals surface area contributed by atoms with Crippen LogP contribution in [-0.4, -0.2) is 33.4 Å². The number of rotatable bonds is 2. The van der Waals surface area contributed by atoms with Crippen LogP contribution in [0.25, 0.3) is 0 Å². The maximum Gasteiger partial charge on any atom is 0.416 e. The molecule has 2 atom stereocenters. The topological polar surface area (TPSA) is 73.4 Å². The van der Waals surface area contributed by atoms with E-state index in [2.05, 4.69) is 20.5 Å². The molecule has 2 aromatic rings. The first kappa shape index (κ1) is 18.5. The van der Waals surface area contributed by atoms with Crippen LogP contribution < -0.4 is 11.0 Å². The zero-order chi connectivity index (χ0) is 20.1. The number of fused-ring (bicyclic) bond motifs is 1. The van der Waals surface area contributed by atoms with E-state index in [4.69, 9.17) is 0 Å². The molecule has 2 N–H and O–H groups in total.